The number of rotatable bonds is 6. The topological polar surface area (TPSA) is 58.2 Å². The highest BCUT2D eigenvalue weighted by atomic mass is 32.2. The molecule has 0 spiro atoms. The first-order valence-corrected chi connectivity index (χ1v) is 8.22. The van der Waals surface area contributed by atoms with Crippen LogP contribution < -0.4 is 10.0 Å². The van der Waals surface area contributed by atoms with Crippen molar-refractivity contribution in [3.05, 3.63) is 0 Å². The molecule has 0 bridgehead atoms. The summed E-state index contributed by atoms with van der Waals surface area (Å²) in [6, 6.07) is 0.605. The van der Waals surface area contributed by atoms with Crippen molar-refractivity contribution in [2.45, 2.75) is 31.1 Å². The molecule has 90 valence electrons. The predicted molar refractivity (Wildman–Crippen MR) is 65.8 cm³/mol. The molecule has 0 aromatic heterocycles. The van der Waals surface area contributed by atoms with E-state index in [2.05, 4.69) is 17.0 Å². The lowest BCUT2D eigenvalue weighted by Gasteiger charge is -2.16. The first-order valence-electron chi connectivity index (χ1n) is 5.28. The predicted octanol–water partition coefficient (Wildman–Crippen LogP) is 0.409. The highest BCUT2D eigenvalue weighted by Crippen LogP contribution is 2.25. The molecule has 2 unspecified atom stereocenters. The minimum atomic E-state index is -3.02. The van der Waals surface area contributed by atoms with Crippen molar-refractivity contribution in [2.75, 3.05) is 25.1 Å². The first-order chi connectivity index (χ1) is 6.99. The van der Waals surface area contributed by atoms with Crippen molar-refractivity contribution in [1.29, 1.82) is 0 Å². The van der Waals surface area contributed by atoms with Gasteiger partial charge in [-0.2, -0.15) is 11.8 Å². The summed E-state index contributed by atoms with van der Waals surface area (Å²) in [7, 11) is -3.02. The summed E-state index contributed by atoms with van der Waals surface area (Å²) in [5.74, 6) is 1.24. The molecule has 0 aliphatic carbocycles. The Morgan fingerprint density at radius 3 is 2.67 bits per heavy atom. The van der Waals surface area contributed by atoms with E-state index in [1.54, 1.807) is 0 Å². The van der Waals surface area contributed by atoms with Gasteiger partial charge in [-0.25, -0.2) is 13.1 Å². The van der Waals surface area contributed by atoms with E-state index in [0.717, 1.165) is 13.0 Å². The van der Waals surface area contributed by atoms with Gasteiger partial charge in [-0.15, -0.1) is 0 Å². The van der Waals surface area contributed by atoms with Gasteiger partial charge in [-0.3, -0.25) is 0 Å². The number of nitrogens with one attached hydrogen (secondary N) is 2. The Balaban J connectivity index is 2.02. The van der Waals surface area contributed by atoms with Crippen molar-refractivity contribution in [3.63, 3.8) is 0 Å². The normalized spacial score (nSPS) is 27.1. The Bertz CT molecular complexity index is 280. The maximum Gasteiger partial charge on any atom is 0.208 e. The van der Waals surface area contributed by atoms with E-state index < -0.39 is 10.0 Å². The van der Waals surface area contributed by atoms with Gasteiger partial charge in [0.2, 0.25) is 10.0 Å². The molecule has 1 rings (SSSR count). The standard InChI is InChI=1S/C9H20N2O2S2/c1-8-9(4-7-14-8)10-5-3-6-11-15(2,12)13/h8-11H,3-7H2,1-2H3. The van der Waals surface area contributed by atoms with Gasteiger partial charge in [-0.1, -0.05) is 6.92 Å². The lowest BCUT2D eigenvalue weighted by atomic mass is 10.2. The molecule has 2 atom stereocenters. The summed E-state index contributed by atoms with van der Waals surface area (Å²) in [5, 5.41) is 4.15. The Morgan fingerprint density at radius 2 is 2.13 bits per heavy atom. The smallest absolute Gasteiger partial charge is 0.208 e. The Hall–Kier alpha value is 0.220. The fraction of sp³-hybridized carbons (Fsp3) is 1.00. The van der Waals surface area contributed by atoms with Crippen LogP contribution in [0.2, 0.25) is 0 Å². The van der Waals surface area contributed by atoms with Crippen LogP contribution in [0, 0.1) is 0 Å². The number of thioether (sulfide) groups is 1. The van der Waals surface area contributed by atoms with E-state index >= 15 is 0 Å². The van der Waals surface area contributed by atoms with Crippen LogP contribution in [0.5, 0.6) is 0 Å². The number of hydrogen-bond acceptors (Lipinski definition) is 4. The summed E-state index contributed by atoms with van der Waals surface area (Å²) in [6.07, 6.45) is 3.27. The Labute approximate surface area is 96.6 Å². The molecule has 2 N–H and O–H groups in total. The quantitative estimate of drug-likeness (QED) is 0.672. The lowest BCUT2D eigenvalue weighted by Crippen LogP contribution is -2.35. The van der Waals surface area contributed by atoms with E-state index in [1.807, 2.05) is 11.8 Å². The fourth-order valence-corrected chi connectivity index (χ4v) is 3.37. The van der Waals surface area contributed by atoms with E-state index in [0.29, 0.717) is 17.8 Å². The van der Waals surface area contributed by atoms with Crippen LogP contribution in [0.4, 0.5) is 0 Å². The van der Waals surface area contributed by atoms with Crippen LogP contribution in [0.3, 0.4) is 0 Å². The van der Waals surface area contributed by atoms with Gasteiger partial charge in [0.1, 0.15) is 0 Å². The third-order valence-electron chi connectivity index (χ3n) is 2.50. The Kier molecular flexibility index (Phi) is 5.38. The lowest BCUT2D eigenvalue weighted by molar-refractivity contribution is 0.503. The molecule has 0 amide bonds. The molecule has 4 nitrogen and oxygen atoms in total. The average molecular weight is 252 g/mol. The molecular formula is C9H20N2O2S2. The van der Waals surface area contributed by atoms with Crippen molar-refractivity contribution in [3.8, 4) is 0 Å². The van der Waals surface area contributed by atoms with Crippen LogP contribution in [0.25, 0.3) is 0 Å². The van der Waals surface area contributed by atoms with Gasteiger partial charge in [0.05, 0.1) is 6.26 Å². The van der Waals surface area contributed by atoms with Crippen molar-refractivity contribution in [2.24, 2.45) is 0 Å². The first kappa shape index (κ1) is 13.3. The molecule has 6 heteroatoms. The van der Waals surface area contributed by atoms with Crippen LogP contribution in [-0.2, 0) is 10.0 Å². The SMILES string of the molecule is CC1SCCC1NCCCNS(C)(=O)=O. The molecule has 1 fully saturated rings. The second-order valence-electron chi connectivity index (χ2n) is 3.95. The fourth-order valence-electron chi connectivity index (χ4n) is 1.63. The van der Waals surface area contributed by atoms with Crippen LogP contribution in [0.15, 0.2) is 0 Å². The van der Waals surface area contributed by atoms with Crippen molar-refractivity contribution >= 4 is 21.8 Å². The summed E-state index contributed by atoms with van der Waals surface area (Å²) < 4.78 is 24.0. The summed E-state index contributed by atoms with van der Waals surface area (Å²) >= 11 is 2.00. The van der Waals surface area contributed by atoms with Crippen molar-refractivity contribution in [1.82, 2.24) is 10.0 Å². The zero-order valence-corrected chi connectivity index (χ0v) is 11.0. The second kappa shape index (κ2) is 6.08. The molecule has 1 heterocycles. The van der Waals surface area contributed by atoms with Gasteiger partial charge >= 0.3 is 0 Å². The highest BCUT2D eigenvalue weighted by Gasteiger charge is 2.22. The molecule has 0 radical (unpaired) electrons. The molecular weight excluding hydrogens is 232 g/mol. The molecule has 0 aromatic rings. The largest absolute Gasteiger partial charge is 0.313 e. The van der Waals surface area contributed by atoms with Crippen LogP contribution in [0.1, 0.15) is 19.8 Å². The molecule has 0 aromatic carbocycles. The maximum absolute atomic E-state index is 10.8. The molecule has 15 heavy (non-hydrogen) atoms. The van der Waals surface area contributed by atoms with E-state index in [1.165, 1.54) is 18.4 Å². The third kappa shape index (κ3) is 5.75. The summed E-state index contributed by atoms with van der Waals surface area (Å²) in [6.45, 7) is 3.66. The van der Waals surface area contributed by atoms with E-state index in [-0.39, 0.29) is 0 Å². The van der Waals surface area contributed by atoms with Crippen LogP contribution >= 0.6 is 11.8 Å². The number of hydrogen-bond donors (Lipinski definition) is 2. The maximum atomic E-state index is 10.8. The third-order valence-corrected chi connectivity index (χ3v) is 4.55. The zero-order valence-electron chi connectivity index (χ0n) is 9.32. The molecule has 0 saturated carbocycles. The molecule has 1 aliphatic rings. The van der Waals surface area contributed by atoms with Crippen molar-refractivity contribution < 1.29 is 8.42 Å². The van der Waals surface area contributed by atoms with Crippen LogP contribution in [-0.4, -0.2) is 44.8 Å². The zero-order chi connectivity index (χ0) is 11.3. The minimum absolute atomic E-state index is 0.528. The highest BCUT2D eigenvalue weighted by molar-refractivity contribution is 8.00. The summed E-state index contributed by atoms with van der Waals surface area (Å²) in [4.78, 5) is 0. The number of sulfonamides is 1. The van der Waals surface area contributed by atoms with E-state index in [9.17, 15) is 8.42 Å². The van der Waals surface area contributed by atoms with Gasteiger partial charge < -0.3 is 5.32 Å². The van der Waals surface area contributed by atoms with Gasteiger partial charge in [0.15, 0.2) is 0 Å². The monoisotopic (exact) mass is 252 g/mol. The average Bonchev–Trinajstić information content (AvgIpc) is 2.49. The van der Waals surface area contributed by atoms with Gasteiger partial charge in [-0.05, 0) is 25.1 Å². The Morgan fingerprint density at radius 1 is 1.40 bits per heavy atom. The molecule has 1 aliphatic heterocycles. The molecule has 1 saturated heterocycles. The summed E-state index contributed by atoms with van der Waals surface area (Å²) in [5.41, 5.74) is 0. The van der Waals surface area contributed by atoms with Gasteiger partial charge in [0.25, 0.3) is 0 Å². The van der Waals surface area contributed by atoms with E-state index in [4.69, 9.17) is 0 Å². The second-order valence-corrected chi connectivity index (χ2v) is 7.26. The van der Waals surface area contributed by atoms with Gasteiger partial charge in [0, 0.05) is 17.8 Å². The minimum Gasteiger partial charge on any atom is -0.313 e.